The number of nitrogens with two attached hydrogens (primary N) is 1. The zero-order valence-corrected chi connectivity index (χ0v) is 11.1. The Morgan fingerprint density at radius 2 is 2.21 bits per heavy atom. The number of halogens is 1. The predicted octanol–water partition coefficient (Wildman–Crippen LogP) is 1.29. The van der Waals surface area contributed by atoms with Crippen LogP contribution in [0.4, 0.5) is 4.39 Å². The van der Waals surface area contributed by atoms with Crippen molar-refractivity contribution >= 4 is 5.91 Å². The lowest BCUT2D eigenvalue weighted by Crippen LogP contribution is -2.53. The molecule has 1 atom stereocenters. The summed E-state index contributed by atoms with van der Waals surface area (Å²) >= 11 is 0. The van der Waals surface area contributed by atoms with Crippen LogP contribution in [-0.2, 0) is 16.1 Å². The molecule has 1 heterocycles. The van der Waals surface area contributed by atoms with Crippen molar-refractivity contribution in [1.29, 1.82) is 0 Å². The van der Waals surface area contributed by atoms with Crippen molar-refractivity contribution in [3.8, 4) is 0 Å². The van der Waals surface area contributed by atoms with Gasteiger partial charge in [0.15, 0.2) is 0 Å². The summed E-state index contributed by atoms with van der Waals surface area (Å²) in [5, 5.41) is 0. The Labute approximate surface area is 112 Å². The van der Waals surface area contributed by atoms with Crippen LogP contribution in [0.15, 0.2) is 24.3 Å². The van der Waals surface area contributed by atoms with Crippen LogP contribution in [0, 0.1) is 5.82 Å². The van der Waals surface area contributed by atoms with E-state index in [2.05, 4.69) is 0 Å². The Bertz CT molecular complexity index is 467. The Hall–Kier alpha value is -1.46. The zero-order chi connectivity index (χ0) is 13.9. The molecule has 1 aromatic carbocycles. The minimum Gasteiger partial charge on any atom is -0.364 e. The van der Waals surface area contributed by atoms with Crippen LogP contribution in [0.2, 0.25) is 0 Å². The second-order valence-corrected chi connectivity index (χ2v) is 5.12. The minimum absolute atomic E-state index is 0.0327. The quantitative estimate of drug-likeness (QED) is 0.893. The Kier molecular flexibility index (Phi) is 4.17. The lowest BCUT2D eigenvalue weighted by Gasteiger charge is -2.40. The van der Waals surface area contributed by atoms with E-state index < -0.39 is 5.60 Å². The highest BCUT2D eigenvalue weighted by Gasteiger charge is 2.35. The van der Waals surface area contributed by atoms with Gasteiger partial charge in [0, 0.05) is 18.7 Å². The van der Waals surface area contributed by atoms with Crippen molar-refractivity contribution in [2.75, 3.05) is 19.7 Å². The molecular formula is C14H19FN2O2. The number of rotatable bonds is 4. The Balaban J connectivity index is 2.10. The van der Waals surface area contributed by atoms with E-state index in [4.69, 9.17) is 10.5 Å². The first kappa shape index (κ1) is 14.0. The summed E-state index contributed by atoms with van der Waals surface area (Å²) in [6.07, 6.45) is 0.675. The molecular weight excluding hydrogens is 247 g/mol. The lowest BCUT2D eigenvalue weighted by molar-refractivity contribution is -0.162. The molecule has 4 nitrogen and oxygen atoms in total. The van der Waals surface area contributed by atoms with Crippen molar-refractivity contribution in [2.24, 2.45) is 5.73 Å². The summed E-state index contributed by atoms with van der Waals surface area (Å²) < 4.78 is 19.2. The molecule has 2 rings (SSSR count). The normalized spacial score (nSPS) is 23.7. The summed E-state index contributed by atoms with van der Waals surface area (Å²) in [6, 6.07) is 6.50. The first-order valence-electron chi connectivity index (χ1n) is 6.39. The molecule has 1 aliphatic rings. The summed E-state index contributed by atoms with van der Waals surface area (Å²) in [7, 11) is 0. The van der Waals surface area contributed by atoms with Crippen LogP contribution in [0.5, 0.6) is 0 Å². The molecule has 5 heteroatoms. The molecule has 0 saturated carbocycles. The summed E-state index contributed by atoms with van der Waals surface area (Å²) in [4.78, 5) is 13.5. The fourth-order valence-corrected chi connectivity index (χ4v) is 2.30. The van der Waals surface area contributed by atoms with Gasteiger partial charge in [-0.1, -0.05) is 18.2 Å². The van der Waals surface area contributed by atoms with Gasteiger partial charge in [0.1, 0.15) is 12.4 Å². The third-order valence-electron chi connectivity index (χ3n) is 3.41. The fraction of sp³-hybridized carbons (Fsp3) is 0.500. The fourth-order valence-electron chi connectivity index (χ4n) is 2.30. The summed E-state index contributed by atoms with van der Waals surface area (Å²) in [5.74, 6) is -0.403. The average molecular weight is 266 g/mol. The molecule has 0 radical (unpaired) electrons. The first-order chi connectivity index (χ1) is 9.04. The second kappa shape index (κ2) is 5.67. The lowest BCUT2D eigenvalue weighted by atomic mass is 9.99. The summed E-state index contributed by atoms with van der Waals surface area (Å²) in [5.41, 5.74) is 5.64. The SMILES string of the molecule is CC1(CCN)CN(Cc2ccccc2F)C(=O)CO1. The molecule has 0 spiro atoms. The van der Waals surface area contributed by atoms with Gasteiger partial charge in [0.2, 0.25) is 5.91 Å². The van der Waals surface area contributed by atoms with Crippen molar-refractivity contribution in [2.45, 2.75) is 25.5 Å². The number of morpholine rings is 1. The predicted molar refractivity (Wildman–Crippen MR) is 69.8 cm³/mol. The number of amides is 1. The molecule has 104 valence electrons. The van der Waals surface area contributed by atoms with Gasteiger partial charge < -0.3 is 15.4 Å². The van der Waals surface area contributed by atoms with Gasteiger partial charge >= 0.3 is 0 Å². The maximum Gasteiger partial charge on any atom is 0.249 e. The van der Waals surface area contributed by atoms with E-state index in [1.807, 2.05) is 6.92 Å². The number of carbonyl (C=O) groups is 1. The van der Waals surface area contributed by atoms with Crippen molar-refractivity contribution < 1.29 is 13.9 Å². The van der Waals surface area contributed by atoms with Gasteiger partial charge in [-0.25, -0.2) is 4.39 Å². The van der Waals surface area contributed by atoms with Crippen LogP contribution >= 0.6 is 0 Å². The highest BCUT2D eigenvalue weighted by Crippen LogP contribution is 2.23. The Morgan fingerprint density at radius 3 is 2.89 bits per heavy atom. The van der Waals surface area contributed by atoms with Crippen LogP contribution in [-0.4, -0.2) is 36.1 Å². The molecule has 1 amide bonds. The second-order valence-electron chi connectivity index (χ2n) is 5.12. The van der Waals surface area contributed by atoms with E-state index in [-0.39, 0.29) is 24.9 Å². The van der Waals surface area contributed by atoms with Gasteiger partial charge in [-0.05, 0) is 26.0 Å². The topological polar surface area (TPSA) is 55.6 Å². The van der Waals surface area contributed by atoms with Gasteiger partial charge in [-0.15, -0.1) is 0 Å². The van der Waals surface area contributed by atoms with Crippen LogP contribution in [0.1, 0.15) is 18.9 Å². The monoisotopic (exact) mass is 266 g/mol. The molecule has 1 saturated heterocycles. The maximum absolute atomic E-state index is 13.6. The van der Waals surface area contributed by atoms with Gasteiger partial charge in [-0.2, -0.15) is 0 Å². The van der Waals surface area contributed by atoms with Crippen LogP contribution in [0.3, 0.4) is 0 Å². The van der Waals surface area contributed by atoms with E-state index in [0.29, 0.717) is 25.1 Å². The number of carbonyl (C=O) groups excluding carboxylic acids is 1. The standard InChI is InChI=1S/C14H19FN2O2/c1-14(6-7-16)10-17(13(18)9-19-14)8-11-4-2-3-5-12(11)15/h2-5H,6-10,16H2,1H3. The highest BCUT2D eigenvalue weighted by molar-refractivity contribution is 5.78. The molecule has 1 unspecified atom stereocenters. The molecule has 1 fully saturated rings. The number of ether oxygens (including phenoxy) is 1. The highest BCUT2D eigenvalue weighted by atomic mass is 19.1. The van der Waals surface area contributed by atoms with E-state index in [9.17, 15) is 9.18 Å². The van der Waals surface area contributed by atoms with E-state index in [0.717, 1.165) is 0 Å². The number of hydrogen-bond donors (Lipinski definition) is 1. The van der Waals surface area contributed by atoms with E-state index in [1.54, 1.807) is 23.1 Å². The summed E-state index contributed by atoms with van der Waals surface area (Å²) in [6.45, 7) is 3.18. The molecule has 0 bridgehead atoms. The molecule has 1 aromatic rings. The largest absolute Gasteiger partial charge is 0.364 e. The van der Waals surface area contributed by atoms with Crippen molar-refractivity contribution in [1.82, 2.24) is 4.90 Å². The van der Waals surface area contributed by atoms with Gasteiger partial charge in [-0.3, -0.25) is 4.79 Å². The molecule has 1 aliphatic heterocycles. The number of benzene rings is 1. The Morgan fingerprint density at radius 1 is 1.47 bits per heavy atom. The van der Waals surface area contributed by atoms with Crippen molar-refractivity contribution in [3.63, 3.8) is 0 Å². The van der Waals surface area contributed by atoms with Crippen LogP contribution < -0.4 is 5.73 Å². The first-order valence-corrected chi connectivity index (χ1v) is 6.39. The van der Waals surface area contributed by atoms with Crippen LogP contribution in [0.25, 0.3) is 0 Å². The van der Waals surface area contributed by atoms with Gasteiger partial charge in [0.25, 0.3) is 0 Å². The molecule has 19 heavy (non-hydrogen) atoms. The molecule has 0 aliphatic carbocycles. The minimum atomic E-state index is -0.437. The smallest absolute Gasteiger partial charge is 0.249 e. The van der Waals surface area contributed by atoms with Crippen molar-refractivity contribution in [3.05, 3.63) is 35.6 Å². The average Bonchev–Trinajstić information content (AvgIpc) is 2.37. The number of hydrogen-bond acceptors (Lipinski definition) is 3. The van der Waals surface area contributed by atoms with E-state index in [1.165, 1.54) is 6.07 Å². The zero-order valence-electron chi connectivity index (χ0n) is 11.1. The van der Waals surface area contributed by atoms with E-state index >= 15 is 0 Å². The van der Waals surface area contributed by atoms with Gasteiger partial charge in [0.05, 0.1) is 5.60 Å². The third kappa shape index (κ3) is 3.30. The molecule has 0 aromatic heterocycles. The number of nitrogens with zero attached hydrogens (tertiary/aromatic N) is 1. The molecule has 2 N–H and O–H groups in total. The third-order valence-corrected chi connectivity index (χ3v) is 3.41. The maximum atomic E-state index is 13.6.